The second-order valence-electron chi connectivity index (χ2n) is 4.95. The van der Waals surface area contributed by atoms with Crippen LogP contribution in [-0.2, 0) is 10.4 Å². The molecule has 0 spiro atoms. The van der Waals surface area contributed by atoms with Crippen LogP contribution in [-0.4, -0.2) is 23.8 Å². The molecule has 1 atom stereocenters. The summed E-state index contributed by atoms with van der Waals surface area (Å²) in [6.45, 7) is 0. The predicted octanol–water partition coefficient (Wildman–Crippen LogP) is 2.84. The van der Waals surface area contributed by atoms with E-state index in [0.29, 0.717) is 20.5 Å². The molecule has 0 radical (unpaired) electrons. The first-order valence-electron chi connectivity index (χ1n) is 6.32. The molecule has 0 unspecified atom stereocenters. The van der Waals surface area contributed by atoms with Gasteiger partial charge < -0.3 is 10.0 Å². The van der Waals surface area contributed by atoms with Gasteiger partial charge in [0.1, 0.15) is 0 Å². The summed E-state index contributed by atoms with van der Waals surface area (Å²) >= 11 is 6.96. The van der Waals surface area contributed by atoms with Gasteiger partial charge in [0.05, 0.1) is 21.3 Å². The van der Waals surface area contributed by atoms with Gasteiger partial charge in [0.25, 0.3) is 5.91 Å². The fourth-order valence-corrected chi connectivity index (χ4v) is 3.55. The Kier molecular flexibility index (Phi) is 3.36. The smallest absolute Gasteiger partial charge is 0.263 e. The van der Waals surface area contributed by atoms with Gasteiger partial charge in [-0.2, -0.15) is 0 Å². The quantitative estimate of drug-likeness (QED) is 0.884. The summed E-state index contributed by atoms with van der Waals surface area (Å²) in [7, 11) is 1.59. The van der Waals surface area contributed by atoms with E-state index in [2.05, 4.69) is 0 Å². The largest absolute Gasteiger partial charge is 0.375 e. The number of anilines is 1. The van der Waals surface area contributed by atoms with Crippen molar-refractivity contribution in [3.05, 3.63) is 51.2 Å². The highest BCUT2D eigenvalue weighted by Crippen LogP contribution is 2.42. The van der Waals surface area contributed by atoms with Crippen LogP contribution < -0.4 is 4.90 Å². The van der Waals surface area contributed by atoms with Crippen molar-refractivity contribution in [3.63, 3.8) is 0 Å². The molecule has 0 saturated heterocycles. The number of fused-ring (bicyclic) bond motifs is 1. The van der Waals surface area contributed by atoms with Crippen LogP contribution in [0.25, 0.3) is 0 Å². The number of aliphatic hydroxyl groups is 1. The number of hydrogen-bond donors (Lipinski definition) is 1. The van der Waals surface area contributed by atoms with Gasteiger partial charge in [0.15, 0.2) is 11.4 Å². The first kappa shape index (κ1) is 14.3. The van der Waals surface area contributed by atoms with E-state index in [0.717, 1.165) is 11.3 Å². The van der Waals surface area contributed by atoms with Crippen molar-refractivity contribution < 1.29 is 14.7 Å². The third kappa shape index (κ3) is 2.18. The standard InChI is InChI=1S/C15H12ClNO3S/c1-17-10-5-3-2-4-9(10)15(20,14(17)19)8-11(18)12-6-7-13(16)21-12/h2-7,20H,8H2,1H3/t15-/m1/s1. The lowest BCUT2D eigenvalue weighted by atomic mass is 9.89. The Hall–Kier alpha value is -1.69. The third-order valence-corrected chi connectivity index (χ3v) is 4.91. The molecule has 1 aromatic carbocycles. The number of carbonyl (C=O) groups excluding carboxylic acids is 2. The Balaban J connectivity index is 1.97. The lowest BCUT2D eigenvalue weighted by Gasteiger charge is -2.20. The average Bonchev–Trinajstić information content (AvgIpc) is 2.98. The van der Waals surface area contributed by atoms with Crippen LogP contribution in [0, 0.1) is 0 Å². The van der Waals surface area contributed by atoms with Gasteiger partial charge in [-0.05, 0) is 18.2 Å². The SMILES string of the molecule is CN1C(=O)[C@@](O)(CC(=O)c2ccc(Cl)s2)c2ccccc21. The van der Waals surface area contributed by atoms with Crippen molar-refractivity contribution >= 4 is 40.3 Å². The van der Waals surface area contributed by atoms with E-state index in [1.807, 2.05) is 0 Å². The summed E-state index contributed by atoms with van der Waals surface area (Å²) in [6, 6.07) is 10.2. The molecule has 0 fully saturated rings. The van der Waals surface area contributed by atoms with Crippen molar-refractivity contribution in [2.75, 3.05) is 11.9 Å². The summed E-state index contributed by atoms with van der Waals surface area (Å²) in [4.78, 5) is 26.5. The van der Waals surface area contributed by atoms with E-state index >= 15 is 0 Å². The number of likely N-dealkylation sites (N-methyl/N-ethyl adjacent to an activating group) is 1. The Labute approximate surface area is 130 Å². The summed E-state index contributed by atoms with van der Waals surface area (Å²) in [5.74, 6) is -0.785. The van der Waals surface area contributed by atoms with E-state index < -0.39 is 11.5 Å². The molecule has 108 valence electrons. The number of para-hydroxylation sites is 1. The molecule has 1 aliphatic heterocycles. The Morgan fingerprint density at radius 3 is 2.71 bits per heavy atom. The molecule has 3 rings (SSSR count). The van der Waals surface area contributed by atoms with Crippen LogP contribution in [0.5, 0.6) is 0 Å². The van der Waals surface area contributed by atoms with Gasteiger partial charge in [0, 0.05) is 12.6 Å². The third-order valence-electron chi connectivity index (χ3n) is 3.63. The molecule has 6 heteroatoms. The second-order valence-corrected chi connectivity index (χ2v) is 6.66. The Morgan fingerprint density at radius 1 is 1.33 bits per heavy atom. The highest BCUT2D eigenvalue weighted by atomic mass is 35.5. The topological polar surface area (TPSA) is 57.6 Å². The van der Waals surface area contributed by atoms with E-state index in [4.69, 9.17) is 11.6 Å². The minimum absolute atomic E-state index is 0.288. The zero-order valence-corrected chi connectivity index (χ0v) is 12.7. The van der Waals surface area contributed by atoms with Crippen molar-refractivity contribution in [2.45, 2.75) is 12.0 Å². The molecule has 1 N–H and O–H groups in total. The van der Waals surface area contributed by atoms with Crippen LogP contribution in [0.3, 0.4) is 0 Å². The maximum atomic E-state index is 12.4. The second kappa shape index (κ2) is 4.94. The number of rotatable bonds is 3. The van der Waals surface area contributed by atoms with Crippen LogP contribution in [0.1, 0.15) is 21.7 Å². The molecule has 0 aliphatic carbocycles. The fraction of sp³-hybridized carbons (Fsp3) is 0.200. The molecular formula is C15H12ClNO3S. The van der Waals surface area contributed by atoms with Crippen molar-refractivity contribution in [3.8, 4) is 0 Å². The zero-order valence-electron chi connectivity index (χ0n) is 11.2. The monoisotopic (exact) mass is 321 g/mol. The number of halogens is 1. The van der Waals surface area contributed by atoms with Gasteiger partial charge in [-0.15, -0.1) is 11.3 Å². The number of amides is 1. The highest BCUT2D eigenvalue weighted by Gasteiger charge is 2.49. The van der Waals surface area contributed by atoms with Crippen molar-refractivity contribution in [1.82, 2.24) is 0 Å². The van der Waals surface area contributed by atoms with Gasteiger partial charge in [-0.25, -0.2) is 0 Å². The minimum Gasteiger partial charge on any atom is -0.375 e. The summed E-state index contributed by atoms with van der Waals surface area (Å²) < 4.78 is 0.501. The van der Waals surface area contributed by atoms with Gasteiger partial charge in [-0.3, -0.25) is 9.59 Å². The summed E-state index contributed by atoms with van der Waals surface area (Å²) in [6.07, 6.45) is -0.288. The highest BCUT2D eigenvalue weighted by molar-refractivity contribution is 7.18. The van der Waals surface area contributed by atoms with Crippen LogP contribution in [0.15, 0.2) is 36.4 Å². The average molecular weight is 322 g/mol. The van der Waals surface area contributed by atoms with Gasteiger partial charge in [0.2, 0.25) is 0 Å². The first-order chi connectivity index (χ1) is 9.93. The number of nitrogens with zero attached hydrogens (tertiary/aromatic N) is 1. The number of hydrogen-bond acceptors (Lipinski definition) is 4. The number of Topliss-reactive ketones (excluding diaryl/α,β-unsaturated/α-hetero) is 1. The Bertz CT molecular complexity index is 742. The van der Waals surface area contributed by atoms with E-state index in [-0.39, 0.29) is 12.2 Å². The number of ketones is 1. The number of benzene rings is 1. The van der Waals surface area contributed by atoms with Gasteiger partial charge in [-0.1, -0.05) is 29.8 Å². The van der Waals surface area contributed by atoms with Gasteiger partial charge >= 0.3 is 0 Å². The maximum Gasteiger partial charge on any atom is 0.263 e. The first-order valence-corrected chi connectivity index (χ1v) is 7.51. The lowest BCUT2D eigenvalue weighted by molar-refractivity contribution is -0.135. The summed E-state index contributed by atoms with van der Waals surface area (Å²) in [5, 5.41) is 10.8. The zero-order chi connectivity index (χ0) is 15.2. The molecule has 21 heavy (non-hydrogen) atoms. The van der Waals surface area contributed by atoms with E-state index in [1.54, 1.807) is 43.4 Å². The fourth-order valence-electron chi connectivity index (χ4n) is 2.57. The predicted molar refractivity (Wildman–Crippen MR) is 82.0 cm³/mol. The van der Waals surface area contributed by atoms with Crippen LogP contribution in [0.4, 0.5) is 5.69 Å². The molecule has 1 amide bonds. The molecule has 0 bridgehead atoms. The Morgan fingerprint density at radius 2 is 2.05 bits per heavy atom. The van der Waals surface area contributed by atoms with Crippen molar-refractivity contribution in [1.29, 1.82) is 0 Å². The van der Waals surface area contributed by atoms with Crippen LogP contribution in [0.2, 0.25) is 4.34 Å². The lowest BCUT2D eigenvalue weighted by Crippen LogP contribution is -2.40. The summed E-state index contributed by atoms with van der Waals surface area (Å²) in [5.41, 5.74) is -0.714. The number of thiophene rings is 1. The molecule has 1 aromatic heterocycles. The van der Waals surface area contributed by atoms with Crippen LogP contribution >= 0.6 is 22.9 Å². The molecule has 4 nitrogen and oxygen atoms in total. The minimum atomic E-state index is -1.81. The number of carbonyl (C=O) groups is 2. The molecular weight excluding hydrogens is 310 g/mol. The van der Waals surface area contributed by atoms with E-state index in [1.165, 1.54) is 4.90 Å². The molecule has 2 heterocycles. The van der Waals surface area contributed by atoms with Crippen molar-refractivity contribution in [2.24, 2.45) is 0 Å². The molecule has 2 aromatic rings. The maximum absolute atomic E-state index is 12.4. The molecule has 1 aliphatic rings. The molecule has 0 saturated carbocycles. The normalized spacial score (nSPS) is 20.7. The van der Waals surface area contributed by atoms with E-state index in [9.17, 15) is 14.7 Å².